The fourth-order valence-corrected chi connectivity index (χ4v) is 8.97. The van der Waals surface area contributed by atoms with Crippen LogP contribution in [0.3, 0.4) is 0 Å². The summed E-state index contributed by atoms with van der Waals surface area (Å²) in [4.78, 5) is 0. The molecule has 0 radical (unpaired) electrons. The first-order valence-electron chi connectivity index (χ1n) is 13.2. The lowest BCUT2D eigenvalue weighted by Crippen LogP contribution is -2.50. The lowest BCUT2D eigenvalue weighted by atomic mass is 9.46. The highest BCUT2D eigenvalue weighted by atomic mass is 14.6. The first-order valence-corrected chi connectivity index (χ1v) is 13.2. The van der Waals surface area contributed by atoms with Gasteiger partial charge in [0.15, 0.2) is 0 Å². The molecule has 8 atom stereocenters. The summed E-state index contributed by atoms with van der Waals surface area (Å²) in [5.41, 5.74) is 3.55. The van der Waals surface area contributed by atoms with Gasteiger partial charge >= 0.3 is 0 Å². The van der Waals surface area contributed by atoms with Crippen LogP contribution < -0.4 is 0 Å². The molecule has 0 aliphatic heterocycles. The predicted octanol–water partition coefficient (Wildman–Crippen LogP) is 9.05. The summed E-state index contributed by atoms with van der Waals surface area (Å²) in [5.74, 6) is 5.81. The third kappa shape index (κ3) is 3.89. The van der Waals surface area contributed by atoms with Gasteiger partial charge in [0.2, 0.25) is 0 Å². The van der Waals surface area contributed by atoms with Crippen LogP contribution in [0.15, 0.2) is 11.6 Å². The molecule has 0 nitrogen and oxygen atoms in total. The van der Waals surface area contributed by atoms with Crippen molar-refractivity contribution in [3.8, 4) is 0 Å². The van der Waals surface area contributed by atoms with Crippen molar-refractivity contribution in [3.63, 3.8) is 0 Å². The maximum Gasteiger partial charge on any atom is -0.00851 e. The minimum Gasteiger partial charge on any atom is -0.0845 e. The van der Waals surface area contributed by atoms with Crippen molar-refractivity contribution in [2.45, 2.75) is 119 Å². The lowest BCUT2D eigenvalue weighted by molar-refractivity contribution is -0.0523. The van der Waals surface area contributed by atoms with Gasteiger partial charge in [-0.3, -0.25) is 0 Å². The van der Waals surface area contributed by atoms with Gasteiger partial charge in [-0.1, -0.05) is 73.0 Å². The van der Waals surface area contributed by atoms with Crippen LogP contribution in [0, 0.1) is 51.8 Å². The van der Waals surface area contributed by atoms with Crippen molar-refractivity contribution in [1.29, 1.82) is 0 Å². The van der Waals surface area contributed by atoms with Crippen LogP contribution in [0.5, 0.6) is 0 Å². The van der Waals surface area contributed by atoms with Gasteiger partial charge in [-0.05, 0) is 110 Å². The maximum atomic E-state index is 2.75. The first kappa shape index (κ1) is 22.0. The Hall–Kier alpha value is -0.260. The minimum atomic E-state index is 0.499. The Balaban J connectivity index is 1.47. The molecule has 0 aromatic heterocycles. The first-order chi connectivity index (χ1) is 13.5. The summed E-state index contributed by atoms with van der Waals surface area (Å²) >= 11 is 0. The van der Waals surface area contributed by atoms with Crippen molar-refractivity contribution in [3.05, 3.63) is 11.6 Å². The quantitative estimate of drug-likeness (QED) is 0.414. The highest BCUT2D eigenvalue weighted by Gasteiger charge is 2.58. The lowest BCUT2D eigenvalue weighted by Gasteiger charge is -2.58. The van der Waals surface area contributed by atoms with E-state index in [-0.39, 0.29) is 0 Å². The second kappa shape index (κ2) is 7.70. The molecule has 3 saturated carbocycles. The molecule has 29 heavy (non-hydrogen) atoms. The van der Waals surface area contributed by atoms with E-state index in [1.165, 1.54) is 70.6 Å². The van der Waals surface area contributed by atoms with E-state index in [4.69, 9.17) is 0 Å². The Bertz CT molecular complexity index is 620. The van der Waals surface area contributed by atoms with Gasteiger partial charge in [0.25, 0.3) is 0 Å². The molecular weight excluding hydrogens is 348 g/mol. The smallest absolute Gasteiger partial charge is 0.00851 e. The fraction of sp³-hybridized carbons (Fsp3) is 0.931. The molecule has 8 unspecified atom stereocenters. The van der Waals surface area contributed by atoms with Crippen LogP contribution in [0.1, 0.15) is 119 Å². The average molecular weight is 399 g/mol. The predicted molar refractivity (Wildman–Crippen MR) is 127 cm³/mol. The van der Waals surface area contributed by atoms with Gasteiger partial charge in [0.1, 0.15) is 0 Å². The zero-order valence-electron chi connectivity index (χ0n) is 20.8. The summed E-state index contributed by atoms with van der Waals surface area (Å²) in [6.45, 7) is 17.7. The third-order valence-electron chi connectivity index (χ3n) is 10.7. The summed E-state index contributed by atoms with van der Waals surface area (Å²) in [6.07, 6.45) is 18.9. The monoisotopic (exact) mass is 398 g/mol. The van der Waals surface area contributed by atoms with Crippen molar-refractivity contribution >= 4 is 0 Å². The molecular formula is C29H50. The zero-order chi connectivity index (χ0) is 21.0. The topological polar surface area (TPSA) is 0 Å². The largest absolute Gasteiger partial charge is 0.0845 e. The molecule has 0 spiro atoms. The van der Waals surface area contributed by atoms with Crippen LogP contribution >= 0.6 is 0 Å². The van der Waals surface area contributed by atoms with E-state index in [1.807, 2.05) is 5.57 Å². The van der Waals surface area contributed by atoms with E-state index in [1.54, 1.807) is 0 Å². The Morgan fingerprint density at radius 1 is 1.03 bits per heavy atom. The summed E-state index contributed by atoms with van der Waals surface area (Å²) < 4.78 is 0. The second-order valence-corrected chi connectivity index (χ2v) is 13.8. The van der Waals surface area contributed by atoms with Crippen LogP contribution in [-0.2, 0) is 0 Å². The molecule has 0 N–H and O–H groups in total. The van der Waals surface area contributed by atoms with Crippen LogP contribution in [-0.4, -0.2) is 0 Å². The Kier molecular flexibility index (Phi) is 5.83. The minimum absolute atomic E-state index is 0.499. The van der Waals surface area contributed by atoms with Crippen LogP contribution in [0.2, 0.25) is 0 Å². The van der Waals surface area contributed by atoms with Gasteiger partial charge < -0.3 is 0 Å². The van der Waals surface area contributed by atoms with Crippen molar-refractivity contribution < 1.29 is 0 Å². The Morgan fingerprint density at radius 2 is 1.79 bits per heavy atom. The molecule has 0 aromatic carbocycles. The normalized spacial score (nSPS) is 45.8. The molecule has 0 heteroatoms. The standard InChI is InChI=1S/C29H50/c1-20-14-17-28(6)22(19-20)10-11-23-25-13-12-24(29(25,7)18-15-26(23)28)21(2)9-8-16-27(3,4)5/h10,20-21,23-26H,8-9,11-19H2,1-7H3. The number of fused-ring (bicyclic) bond motifs is 5. The van der Waals surface area contributed by atoms with E-state index >= 15 is 0 Å². The molecule has 4 aliphatic carbocycles. The molecule has 4 rings (SSSR count). The van der Waals surface area contributed by atoms with E-state index in [2.05, 4.69) is 54.5 Å². The number of hydrogen-bond donors (Lipinski definition) is 0. The summed E-state index contributed by atoms with van der Waals surface area (Å²) in [7, 11) is 0. The van der Waals surface area contributed by atoms with E-state index in [9.17, 15) is 0 Å². The zero-order valence-corrected chi connectivity index (χ0v) is 20.8. The third-order valence-corrected chi connectivity index (χ3v) is 10.7. The Morgan fingerprint density at radius 3 is 2.52 bits per heavy atom. The van der Waals surface area contributed by atoms with E-state index < -0.39 is 0 Å². The van der Waals surface area contributed by atoms with Crippen molar-refractivity contribution in [2.75, 3.05) is 0 Å². The highest BCUT2D eigenvalue weighted by Crippen LogP contribution is 2.67. The average Bonchev–Trinajstić information content (AvgIpc) is 2.98. The molecule has 0 bridgehead atoms. The number of allylic oxidation sites excluding steroid dienone is 2. The molecule has 0 heterocycles. The van der Waals surface area contributed by atoms with Gasteiger partial charge in [-0.25, -0.2) is 0 Å². The van der Waals surface area contributed by atoms with Crippen LogP contribution in [0.25, 0.3) is 0 Å². The molecule has 4 aliphatic rings. The summed E-state index contributed by atoms with van der Waals surface area (Å²) in [6, 6.07) is 0. The number of hydrogen-bond acceptors (Lipinski definition) is 0. The number of rotatable bonds is 4. The fourth-order valence-electron chi connectivity index (χ4n) is 8.97. The Labute approximate surface area is 182 Å². The molecule has 0 saturated heterocycles. The van der Waals surface area contributed by atoms with E-state index in [0.29, 0.717) is 16.2 Å². The van der Waals surface area contributed by atoms with Gasteiger partial charge in [-0.15, -0.1) is 0 Å². The SMILES string of the molecule is CC1CCC2(C)C(=CCC3C2CCC2(C)C(C(C)CCCC(C)(C)C)CCC32)C1. The van der Waals surface area contributed by atoms with Gasteiger partial charge in [0, 0.05) is 0 Å². The van der Waals surface area contributed by atoms with Crippen molar-refractivity contribution in [1.82, 2.24) is 0 Å². The molecule has 0 aromatic rings. The molecule has 0 amide bonds. The highest BCUT2D eigenvalue weighted by molar-refractivity contribution is 5.25. The van der Waals surface area contributed by atoms with Crippen molar-refractivity contribution in [2.24, 2.45) is 51.8 Å². The van der Waals surface area contributed by atoms with Gasteiger partial charge in [0.05, 0.1) is 0 Å². The molecule has 166 valence electrons. The summed E-state index contributed by atoms with van der Waals surface area (Å²) in [5, 5.41) is 0. The molecule has 3 fully saturated rings. The maximum absolute atomic E-state index is 2.75. The van der Waals surface area contributed by atoms with Crippen LogP contribution in [0.4, 0.5) is 0 Å². The van der Waals surface area contributed by atoms with Gasteiger partial charge in [-0.2, -0.15) is 0 Å². The van der Waals surface area contributed by atoms with E-state index in [0.717, 1.165) is 35.5 Å². The second-order valence-electron chi connectivity index (χ2n) is 13.8.